The number of benzene rings is 1. The highest BCUT2D eigenvalue weighted by atomic mass is 16.1. The summed E-state index contributed by atoms with van der Waals surface area (Å²) in [5.74, 6) is 0.00126. The number of nitrogens with one attached hydrogen (secondary N) is 1. The van der Waals surface area contributed by atoms with Crippen LogP contribution < -0.4 is 5.32 Å². The second kappa shape index (κ2) is 5.17. The Balaban J connectivity index is 2.10. The lowest BCUT2D eigenvalue weighted by molar-refractivity contribution is -0.117. The lowest BCUT2D eigenvalue weighted by Crippen LogP contribution is -2.19. The molecule has 19 heavy (non-hydrogen) atoms. The normalized spacial score (nSPS) is 11.3. The predicted octanol–water partition coefficient (Wildman–Crippen LogP) is 2.04. The predicted molar refractivity (Wildman–Crippen MR) is 71.9 cm³/mol. The Morgan fingerprint density at radius 2 is 2.16 bits per heavy atom. The van der Waals surface area contributed by atoms with Crippen LogP contribution in [-0.4, -0.2) is 26.1 Å². The van der Waals surface area contributed by atoms with Crippen molar-refractivity contribution in [3.63, 3.8) is 0 Å². The van der Waals surface area contributed by atoms with Crippen LogP contribution in [0.1, 0.15) is 27.2 Å². The van der Waals surface area contributed by atoms with Crippen molar-refractivity contribution in [3.05, 3.63) is 30.6 Å². The van der Waals surface area contributed by atoms with E-state index in [0.29, 0.717) is 6.42 Å². The third-order valence-electron chi connectivity index (χ3n) is 2.43. The summed E-state index contributed by atoms with van der Waals surface area (Å²) in [6, 6.07) is 7.39. The van der Waals surface area contributed by atoms with Gasteiger partial charge in [-0.15, -0.1) is 5.10 Å². The Bertz CT molecular complexity index is 557. The van der Waals surface area contributed by atoms with E-state index in [0.717, 1.165) is 11.4 Å². The van der Waals surface area contributed by atoms with E-state index in [9.17, 15) is 4.79 Å². The molecule has 0 spiro atoms. The van der Waals surface area contributed by atoms with Crippen molar-refractivity contribution in [2.24, 2.45) is 5.41 Å². The molecule has 0 saturated carbocycles. The van der Waals surface area contributed by atoms with Crippen molar-refractivity contribution >= 4 is 11.6 Å². The fourth-order valence-corrected chi connectivity index (χ4v) is 1.69. The van der Waals surface area contributed by atoms with Crippen molar-refractivity contribution in [3.8, 4) is 5.69 Å². The maximum Gasteiger partial charge on any atom is 0.224 e. The molecular formula is C13H17N5O. The van der Waals surface area contributed by atoms with Gasteiger partial charge in [-0.1, -0.05) is 26.8 Å². The van der Waals surface area contributed by atoms with Crippen LogP contribution in [0.4, 0.5) is 5.69 Å². The number of aromatic nitrogens is 4. The van der Waals surface area contributed by atoms with Crippen LogP contribution >= 0.6 is 0 Å². The van der Waals surface area contributed by atoms with Crippen molar-refractivity contribution in [1.29, 1.82) is 0 Å². The molecule has 1 N–H and O–H groups in total. The van der Waals surface area contributed by atoms with Crippen LogP contribution in [0.2, 0.25) is 0 Å². The van der Waals surface area contributed by atoms with Gasteiger partial charge in [0.25, 0.3) is 0 Å². The summed E-state index contributed by atoms with van der Waals surface area (Å²) in [6.45, 7) is 6.10. The molecule has 2 rings (SSSR count). The van der Waals surface area contributed by atoms with Crippen LogP contribution in [0.3, 0.4) is 0 Å². The number of amides is 1. The second-order valence-corrected chi connectivity index (χ2v) is 5.59. The van der Waals surface area contributed by atoms with Gasteiger partial charge in [-0.3, -0.25) is 4.79 Å². The Morgan fingerprint density at radius 1 is 1.37 bits per heavy atom. The summed E-state index contributed by atoms with van der Waals surface area (Å²) in [7, 11) is 0. The van der Waals surface area contributed by atoms with Gasteiger partial charge in [-0.05, 0) is 34.0 Å². The third-order valence-corrected chi connectivity index (χ3v) is 2.43. The fraction of sp³-hybridized carbons (Fsp3) is 0.385. The van der Waals surface area contributed by atoms with Crippen molar-refractivity contribution in [2.45, 2.75) is 27.2 Å². The highest BCUT2D eigenvalue weighted by Crippen LogP contribution is 2.20. The standard InChI is InChI=1S/C13H17N5O/c1-13(2,3)8-12(19)15-10-5-4-6-11(7-10)18-9-14-16-17-18/h4-7,9H,8H2,1-3H3,(H,15,19). The molecule has 0 saturated heterocycles. The molecule has 1 aromatic heterocycles. The van der Waals surface area contributed by atoms with Gasteiger partial charge < -0.3 is 5.32 Å². The molecule has 6 heteroatoms. The van der Waals surface area contributed by atoms with Crippen molar-refractivity contribution in [1.82, 2.24) is 20.2 Å². The monoisotopic (exact) mass is 259 g/mol. The van der Waals surface area contributed by atoms with Gasteiger partial charge >= 0.3 is 0 Å². The number of nitrogens with zero attached hydrogens (tertiary/aromatic N) is 4. The fourth-order valence-electron chi connectivity index (χ4n) is 1.69. The van der Waals surface area contributed by atoms with Crippen LogP contribution in [0.25, 0.3) is 5.69 Å². The molecule has 6 nitrogen and oxygen atoms in total. The Kier molecular flexibility index (Phi) is 3.59. The third kappa shape index (κ3) is 3.87. The maximum absolute atomic E-state index is 11.9. The van der Waals surface area contributed by atoms with Gasteiger partial charge in [0.05, 0.1) is 5.69 Å². The van der Waals surface area contributed by atoms with E-state index >= 15 is 0 Å². The van der Waals surface area contributed by atoms with Crippen LogP contribution in [-0.2, 0) is 4.79 Å². The van der Waals surface area contributed by atoms with Gasteiger partial charge in [0.2, 0.25) is 5.91 Å². The molecule has 100 valence electrons. The Morgan fingerprint density at radius 3 is 2.79 bits per heavy atom. The number of carbonyl (C=O) groups is 1. The Hall–Kier alpha value is -2.24. The summed E-state index contributed by atoms with van der Waals surface area (Å²) in [5.41, 5.74) is 1.51. The van der Waals surface area contributed by atoms with Crippen LogP contribution in [0.5, 0.6) is 0 Å². The summed E-state index contributed by atoms with van der Waals surface area (Å²) in [5, 5.41) is 13.9. The van der Waals surface area contributed by atoms with E-state index in [2.05, 4.69) is 20.8 Å². The van der Waals surface area contributed by atoms with Crippen LogP contribution in [0.15, 0.2) is 30.6 Å². The number of carbonyl (C=O) groups excluding carboxylic acids is 1. The average molecular weight is 259 g/mol. The summed E-state index contributed by atoms with van der Waals surface area (Å²) >= 11 is 0. The molecular weight excluding hydrogens is 242 g/mol. The molecule has 0 atom stereocenters. The van der Waals surface area contributed by atoms with Crippen molar-refractivity contribution < 1.29 is 4.79 Å². The zero-order valence-corrected chi connectivity index (χ0v) is 11.3. The minimum Gasteiger partial charge on any atom is -0.326 e. The maximum atomic E-state index is 11.9. The van der Waals surface area contributed by atoms with E-state index in [1.54, 1.807) is 4.68 Å². The molecule has 0 fully saturated rings. The topological polar surface area (TPSA) is 72.7 Å². The first-order chi connectivity index (χ1) is 8.94. The van der Waals surface area contributed by atoms with Gasteiger partial charge in [0, 0.05) is 12.1 Å². The number of tetrazole rings is 1. The van der Waals surface area contributed by atoms with Crippen LogP contribution in [0, 0.1) is 5.41 Å². The molecule has 0 unspecified atom stereocenters. The molecule has 1 amide bonds. The molecule has 2 aromatic rings. The quantitative estimate of drug-likeness (QED) is 0.915. The summed E-state index contributed by atoms with van der Waals surface area (Å²) in [6.07, 6.45) is 1.98. The SMILES string of the molecule is CC(C)(C)CC(=O)Nc1cccc(-n2cnnn2)c1. The van der Waals surface area contributed by atoms with E-state index in [1.165, 1.54) is 6.33 Å². The summed E-state index contributed by atoms with van der Waals surface area (Å²) in [4.78, 5) is 11.9. The van der Waals surface area contributed by atoms with E-state index < -0.39 is 0 Å². The minimum absolute atomic E-state index is 0.00126. The first kappa shape index (κ1) is 13.2. The van der Waals surface area contributed by atoms with Gasteiger partial charge in [0.1, 0.15) is 6.33 Å². The highest BCUT2D eigenvalue weighted by Gasteiger charge is 2.16. The summed E-state index contributed by atoms with van der Waals surface area (Å²) < 4.78 is 1.54. The highest BCUT2D eigenvalue weighted by molar-refractivity contribution is 5.91. The molecule has 0 radical (unpaired) electrons. The van der Waals surface area contributed by atoms with Crippen molar-refractivity contribution in [2.75, 3.05) is 5.32 Å². The van der Waals surface area contributed by atoms with Gasteiger partial charge in [0.15, 0.2) is 0 Å². The number of anilines is 1. The number of hydrogen-bond donors (Lipinski definition) is 1. The molecule has 0 aliphatic heterocycles. The zero-order valence-electron chi connectivity index (χ0n) is 11.3. The number of rotatable bonds is 3. The van der Waals surface area contributed by atoms with E-state index in [1.807, 2.05) is 45.0 Å². The largest absolute Gasteiger partial charge is 0.326 e. The lowest BCUT2D eigenvalue weighted by Gasteiger charge is -2.17. The molecule has 1 aromatic carbocycles. The Labute approximate surface area is 111 Å². The first-order valence-corrected chi connectivity index (χ1v) is 6.07. The first-order valence-electron chi connectivity index (χ1n) is 6.07. The molecule has 0 bridgehead atoms. The molecule has 0 aliphatic carbocycles. The van der Waals surface area contributed by atoms with Gasteiger partial charge in [-0.25, -0.2) is 4.68 Å². The smallest absolute Gasteiger partial charge is 0.224 e. The van der Waals surface area contributed by atoms with Gasteiger partial charge in [-0.2, -0.15) is 0 Å². The molecule has 1 heterocycles. The van der Waals surface area contributed by atoms with E-state index in [4.69, 9.17) is 0 Å². The number of hydrogen-bond acceptors (Lipinski definition) is 4. The second-order valence-electron chi connectivity index (χ2n) is 5.59. The van der Waals surface area contributed by atoms with E-state index in [-0.39, 0.29) is 11.3 Å². The molecule has 0 aliphatic rings. The zero-order chi connectivity index (χ0) is 13.9. The minimum atomic E-state index is -0.0302. The average Bonchev–Trinajstić information content (AvgIpc) is 2.79. The lowest BCUT2D eigenvalue weighted by atomic mass is 9.92.